The van der Waals surface area contributed by atoms with E-state index >= 15 is 0 Å². The van der Waals surface area contributed by atoms with Gasteiger partial charge in [-0.25, -0.2) is 9.37 Å². The van der Waals surface area contributed by atoms with Crippen molar-refractivity contribution in [2.24, 2.45) is 0 Å². The summed E-state index contributed by atoms with van der Waals surface area (Å²) in [6.45, 7) is 5.38. The Bertz CT molecular complexity index is 1640. The van der Waals surface area contributed by atoms with Crippen LogP contribution < -0.4 is 9.64 Å². The van der Waals surface area contributed by atoms with Crippen molar-refractivity contribution in [2.75, 3.05) is 31.1 Å². The summed E-state index contributed by atoms with van der Waals surface area (Å²) in [6, 6.07) is 28.6. The summed E-state index contributed by atoms with van der Waals surface area (Å²) in [4.78, 5) is 22.6. The average molecular weight is 549 g/mol. The van der Waals surface area contributed by atoms with Crippen LogP contribution >= 0.6 is 0 Å². The Balaban J connectivity index is 1.24. The number of benzene rings is 3. The quantitative estimate of drug-likeness (QED) is 0.231. The van der Waals surface area contributed by atoms with Crippen LogP contribution in [0.1, 0.15) is 34.7 Å². The van der Waals surface area contributed by atoms with E-state index in [1.165, 1.54) is 23.4 Å². The molecular weight excluding hydrogens is 515 g/mol. The zero-order valence-electron chi connectivity index (χ0n) is 23.1. The zero-order chi connectivity index (χ0) is 28.2. The Labute approximate surface area is 239 Å². The predicted molar refractivity (Wildman–Crippen MR) is 159 cm³/mol. The maximum atomic E-state index is 14.4. The Morgan fingerprint density at radius 1 is 0.927 bits per heavy atom. The largest absolute Gasteiger partial charge is 0.485 e. The number of hydrogen-bond acceptors (Lipinski definition) is 4. The van der Waals surface area contributed by atoms with Crippen LogP contribution in [0.25, 0.3) is 5.65 Å². The molecule has 0 N–H and O–H groups in total. The van der Waals surface area contributed by atoms with Crippen LogP contribution in [0.2, 0.25) is 0 Å². The predicted octanol–water partition coefficient (Wildman–Crippen LogP) is 6.23. The van der Waals surface area contributed by atoms with Gasteiger partial charge in [0.25, 0.3) is 0 Å². The smallest absolute Gasteiger partial charge is 0.223 e. The highest BCUT2D eigenvalue weighted by Crippen LogP contribution is 2.32. The summed E-state index contributed by atoms with van der Waals surface area (Å²) in [5.41, 5.74) is 5.74. The van der Waals surface area contributed by atoms with Crippen molar-refractivity contribution in [3.05, 3.63) is 132 Å². The molecule has 6 nitrogen and oxygen atoms in total. The molecular formula is C34H33FN4O2. The van der Waals surface area contributed by atoms with Gasteiger partial charge in [0.1, 0.15) is 12.4 Å². The molecule has 6 rings (SSSR count). The molecule has 208 valence electrons. The van der Waals surface area contributed by atoms with E-state index in [2.05, 4.69) is 35.0 Å². The maximum Gasteiger partial charge on any atom is 0.223 e. The van der Waals surface area contributed by atoms with Gasteiger partial charge in [-0.15, -0.1) is 0 Å². The molecule has 0 radical (unpaired) electrons. The highest BCUT2D eigenvalue weighted by atomic mass is 19.1. The molecule has 1 atom stereocenters. The lowest BCUT2D eigenvalue weighted by Gasteiger charge is -2.37. The van der Waals surface area contributed by atoms with E-state index < -0.39 is 0 Å². The lowest BCUT2D eigenvalue weighted by atomic mass is 9.92. The van der Waals surface area contributed by atoms with E-state index in [9.17, 15) is 9.18 Å². The van der Waals surface area contributed by atoms with E-state index in [0.717, 1.165) is 29.9 Å². The first-order chi connectivity index (χ1) is 20.1. The monoisotopic (exact) mass is 548 g/mol. The zero-order valence-corrected chi connectivity index (χ0v) is 23.1. The number of imidazole rings is 1. The molecule has 1 aliphatic heterocycles. The van der Waals surface area contributed by atoms with Crippen LogP contribution in [0, 0.1) is 12.7 Å². The number of anilines is 1. The number of para-hydroxylation sites is 1. The fourth-order valence-corrected chi connectivity index (χ4v) is 5.65. The van der Waals surface area contributed by atoms with E-state index in [4.69, 9.17) is 4.74 Å². The second-order valence-electron chi connectivity index (χ2n) is 10.5. The number of carbonyl (C=O) groups excluding carboxylic acids is 1. The summed E-state index contributed by atoms with van der Waals surface area (Å²) in [5.74, 6) is 0.00819. The van der Waals surface area contributed by atoms with Gasteiger partial charge in [-0.2, -0.15) is 0 Å². The number of rotatable bonds is 8. The Kier molecular flexibility index (Phi) is 7.67. The number of amides is 1. The van der Waals surface area contributed by atoms with Crippen molar-refractivity contribution in [1.82, 2.24) is 14.3 Å². The third-order valence-corrected chi connectivity index (χ3v) is 7.84. The fourth-order valence-electron chi connectivity index (χ4n) is 5.65. The van der Waals surface area contributed by atoms with Gasteiger partial charge in [0.15, 0.2) is 11.4 Å². The summed E-state index contributed by atoms with van der Waals surface area (Å²) in [5, 5.41) is 0. The molecule has 3 heterocycles. The first-order valence-corrected chi connectivity index (χ1v) is 14.0. The minimum absolute atomic E-state index is 0.0510. The molecule has 0 saturated carbocycles. The van der Waals surface area contributed by atoms with E-state index in [1.807, 2.05) is 70.1 Å². The normalized spacial score (nSPS) is 14.3. The van der Waals surface area contributed by atoms with Crippen LogP contribution in [-0.4, -0.2) is 46.4 Å². The van der Waals surface area contributed by atoms with Gasteiger partial charge < -0.3 is 18.9 Å². The molecule has 1 saturated heterocycles. The standard InChI is InChI=1S/C34H33FN4O2/c1-25-9-5-6-14-30(25)37-17-19-38(20-18-37)33(40)22-29(27-12-7-13-28(35)21-27)31-23-36-34-32(15-8-16-39(31)34)41-24-26-10-3-2-4-11-26/h2-16,21,23,29H,17-20,22,24H2,1H3. The summed E-state index contributed by atoms with van der Waals surface area (Å²) < 4.78 is 22.5. The van der Waals surface area contributed by atoms with Gasteiger partial charge in [0.05, 0.1) is 5.69 Å². The van der Waals surface area contributed by atoms with Crippen LogP contribution in [-0.2, 0) is 11.4 Å². The molecule has 7 heteroatoms. The first-order valence-electron chi connectivity index (χ1n) is 14.0. The molecule has 1 aliphatic rings. The molecule has 0 aliphatic carbocycles. The number of piperazine rings is 1. The van der Waals surface area contributed by atoms with E-state index in [0.29, 0.717) is 31.1 Å². The van der Waals surface area contributed by atoms with Crippen LogP contribution in [0.5, 0.6) is 5.75 Å². The molecule has 1 fully saturated rings. The molecule has 0 spiro atoms. The topological polar surface area (TPSA) is 50.1 Å². The Hall–Kier alpha value is -4.65. The number of halogens is 1. The van der Waals surface area contributed by atoms with Crippen molar-refractivity contribution in [2.45, 2.75) is 25.9 Å². The van der Waals surface area contributed by atoms with Crippen LogP contribution in [0.4, 0.5) is 10.1 Å². The number of aryl methyl sites for hydroxylation is 1. The highest BCUT2D eigenvalue weighted by molar-refractivity contribution is 5.78. The van der Waals surface area contributed by atoms with Crippen molar-refractivity contribution < 1.29 is 13.9 Å². The average Bonchev–Trinajstić information content (AvgIpc) is 3.44. The lowest BCUT2D eigenvalue weighted by molar-refractivity contribution is -0.131. The van der Waals surface area contributed by atoms with Crippen molar-refractivity contribution in [1.29, 1.82) is 0 Å². The van der Waals surface area contributed by atoms with Crippen molar-refractivity contribution in [3.63, 3.8) is 0 Å². The lowest BCUT2D eigenvalue weighted by Crippen LogP contribution is -2.49. The maximum absolute atomic E-state index is 14.4. The van der Waals surface area contributed by atoms with E-state index in [-0.39, 0.29) is 24.1 Å². The fraction of sp³-hybridized carbons (Fsp3) is 0.235. The highest BCUT2D eigenvalue weighted by Gasteiger charge is 2.28. The first kappa shape index (κ1) is 26.6. The molecule has 1 amide bonds. The second kappa shape index (κ2) is 11.8. The third-order valence-electron chi connectivity index (χ3n) is 7.84. The van der Waals surface area contributed by atoms with E-state index in [1.54, 1.807) is 12.3 Å². The van der Waals surface area contributed by atoms with Gasteiger partial charge in [-0.3, -0.25) is 4.79 Å². The minimum Gasteiger partial charge on any atom is -0.485 e. The van der Waals surface area contributed by atoms with Gasteiger partial charge in [-0.1, -0.05) is 60.7 Å². The molecule has 5 aromatic rings. The number of hydrogen-bond donors (Lipinski definition) is 0. The molecule has 41 heavy (non-hydrogen) atoms. The van der Waals surface area contributed by atoms with Gasteiger partial charge in [0, 0.05) is 56.6 Å². The number of nitrogens with zero attached hydrogens (tertiary/aromatic N) is 4. The SMILES string of the molecule is Cc1ccccc1N1CCN(C(=O)CC(c2cccc(F)c2)c2cnc3c(OCc4ccccc4)cccn23)CC1. The van der Waals surface area contributed by atoms with Crippen LogP contribution in [0.15, 0.2) is 103 Å². The summed E-state index contributed by atoms with van der Waals surface area (Å²) >= 11 is 0. The Morgan fingerprint density at radius 3 is 2.49 bits per heavy atom. The molecule has 0 bridgehead atoms. The number of ether oxygens (including phenoxy) is 1. The van der Waals surface area contributed by atoms with Gasteiger partial charge >= 0.3 is 0 Å². The summed E-state index contributed by atoms with van der Waals surface area (Å²) in [7, 11) is 0. The number of carbonyl (C=O) groups is 1. The molecule has 2 aromatic heterocycles. The van der Waals surface area contributed by atoms with Gasteiger partial charge in [0.2, 0.25) is 5.91 Å². The Morgan fingerprint density at radius 2 is 1.71 bits per heavy atom. The summed E-state index contributed by atoms with van der Waals surface area (Å²) in [6.07, 6.45) is 3.92. The van der Waals surface area contributed by atoms with Crippen molar-refractivity contribution in [3.8, 4) is 5.75 Å². The van der Waals surface area contributed by atoms with Gasteiger partial charge in [-0.05, 0) is 53.9 Å². The molecule has 3 aromatic carbocycles. The number of pyridine rings is 1. The minimum atomic E-state index is -0.369. The second-order valence-corrected chi connectivity index (χ2v) is 10.5. The molecule has 1 unspecified atom stereocenters. The van der Waals surface area contributed by atoms with Crippen LogP contribution in [0.3, 0.4) is 0 Å². The third kappa shape index (κ3) is 5.80. The number of aromatic nitrogens is 2. The number of fused-ring (bicyclic) bond motifs is 1. The van der Waals surface area contributed by atoms with Crippen molar-refractivity contribution >= 4 is 17.2 Å².